The van der Waals surface area contributed by atoms with E-state index in [-0.39, 0.29) is 82.8 Å². The topological polar surface area (TPSA) is 190 Å². The van der Waals surface area contributed by atoms with E-state index in [4.69, 9.17) is 0 Å². The molecule has 0 aliphatic heterocycles. The fourth-order valence-corrected chi connectivity index (χ4v) is 8.00. The van der Waals surface area contributed by atoms with Crippen molar-refractivity contribution in [3.63, 3.8) is 0 Å². The number of alkyl halides is 6. The van der Waals surface area contributed by atoms with Gasteiger partial charge in [0.2, 0.25) is 5.41 Å². The quantitative estimate of drug-likeness (QED) is 0.0348. The Bertz CT molecular complexity index is 1510. The van der Waals surface area contributed by atoms with Gasteiger partial charge in [-0.2, -0.15) is 30.7 Å². The number of hydrogen-bond acceptors (Lipinski definition) is 12. The van der Waals surface area contributed by atoms with Gasteiger partial charge in [0.25, 0.3) is 0 Å². The van der Waals surface area contributed by atoms with E-state index in [1.165, 1.54) is 0 Å². The molecule has 0 bridgehead atoms. The molecule has 1 atom stereocenters. The second-order valence-corrected chi connectivity index (χ2v) is 15.0. The van der Waals surface area contributed by atoms with Crippen molar-refractivity contribution in [1.29, 1.82) is 0 Å². The van der Waals surface area contributed by atoms with E-state index < -0.39 is 112 Å². The zero-order chi connectivity index (χ0) is 32.9. The molecule has 45 heavy (non-hydrogen) atoms. The fraction of sp³-hybridized carbons (Fsp3) is 0.455. The molecular weight excluding hydrogens is 728 g/mol. The third-order valence-corrected chi connectivity index (χ3v) is 10.4. The second-order valence-electron chi connectivity index (χ2n) is 8.89. The predicted molar refractivity (Wildman–Crippen MR) is 137 cm³/mol. The first-order valence-electron chi connectivity index (χ1n) is 11.5. The van der Waals surface area contributed by atoms with Gasteiger partial charge in [0.1, 0.15) is 11.5 Å². The van der Waals surface area contributed by atoms with E-state index in [1.54, 1.807) is 0 Å². The molecule has 0 aromatic heterocycles. The molecule has 0 saturated heterocycles. The molecular formula is C22H22F6Na2O11S4. The number of hydrogen-bond donors (Lipinski definition) is 2. The molecule has 244 valence electrons. The normalized spacial score (nSPS) is 13.5. The number of benzene rings is 2. The van der Waals surface area contributed by atoms with Crippen LogP contribution in [-0.4, -0.2) is 71.2 Å². The van der Waals surface area contributed by atoms with Crippen LogP contribution in [-0.2, 0) is 57.0 Å². The van der Waals surface area contributed by atoms with Gasteiger partial charge in [-0.25, -0.2) is 16.8 Å². The van der Waals surface area contributed by atoms with Gasteiger partial charge < -0.3 is 20.0 Å². The zero-order valence-electron chi connectivity index (χ0n) is 23.4. The number of rotatable bonds is 15. The van der Waals surface area contributed by atoms with Crippen molar-refractivity contribution in [2.45, 2.75) is 35.7 Å². The summed E-state index contributed by atoms with van der Waals surface area (Å²) >= 11 is 0.428. The Morgan fingerprint density at radius 1 is 0.844 bits per heavy atom. The van der Waals surface area contributed by atoms with Crippen LogP contribution in [0, 0.1) is 0 Å². The van der Waals surface area contributed by atoms with Crippen LogP contribution in [0.3, 0.4) is 0 Å². The van der Waals surface area contributed by atoms with E-state index >= 15 is 0 Å². The molecule has 11 nitrogen and oxygen atoms in total. The van der Waals surface area contributed by atoms with Gasteiger partial charge in [-0.05, 0) is 41.8 Å². The first kappa shape index (κ1) is 44.9. The number of phenolic OH excluding ortho intramolecular Hbond substituents is 2. The smallest absolute Gasteiger partial charge is 0.748 e. The largest absolute Gasteiger partial charge is 1.00 e. The van der Waals surface area contributed by atoms with Crippen LogP contribution in [0.15, 0.2) is 36.4 Å². The molecule has 0 heterocycles. The summed E-state index contributed by atoms with van der Waals surface area (Å²) in [5.41, 5.74) is -9.31. The Morgan fingerprint density at radius 2 is 1.33 bits per heavy atom. The van der Waals surface area contributed by atoms with Crippen LogP contribution < -0.4 is 64.4 Å². The van der Waals surface area contributed by atoms with Crippen molar-refractivity contribution in [3.05, 3.63) is 58.7 Å². The van der Waals surface area contributed by atoms with Crippen molar-refractivity contribution in [1.82, 2.24) is 0 Å². The van der Waals surface area contributed by atoms with Gasteiger partial charge in [-0.15, -0.1) is 0 Å². The molecule has 1 unspecified atom stereocenters. The maximum absolute atomic E-state index is 14.7. The number of aromatic hydroxyl groups is 2. The number of phenols is 2. The number of halogens is 6. The molecule has 0 fully saturated rings. The van der Waals surface area contributed by atoms with Crippen molar-refractivity contribution in [2.75, 3.05) is 23.0 Å². The first-order chi connectivity index (χ1) is 19.6. The Morgan fingerprint density at radius 3 is 1.80 bits per heavy atom. The summed E-state index contributed by atoms with van der Waals surface area (Å²) < 4.78 is 161. The van der Waals surface area contributed by atoms with Gasteiger partial charge in [0.15, 0.2) is 9.84 Å². The van der Waals surface area contributed by atoms with Gasteiger partial charge in [-0.1, -0.05) is 12.1 Å². The monoisotopic (exact) mass is 750 g/mol. The minimum absolute atomic E-state index is 0. The Hall–Kier alpha value is -0.140. The minimum Gasteiger partial charge on any atom is -0.748 e. The first-order valence-corrected chi connectivity index (χ1v) is 17.3. The molecule has 0 aliphatic rings. The van der Waals surface area contributed by atoms with Crippen LogP contribution in [0.25, 0.3) is 0 Å². The third-order valence-electron chi connectivity index (χ3n) is 5.89. The van der Waals surface area contributed by atoms with E-state index in [0.717, 1.165) is 0 Å². The van der Waals surface area contributed by atoms with E-state index in [9.17, 15) is 67.4 Å². The van der Waals surface area contributed by atoms with Crippen LogP contribution >= 0.6 is 12.0 Å². The molecule has 0 amide bonds. The Balaban J connectivity index is 0.00000968. The fourth-order valence-electron chi connectivity index (χ4n) is 4.04. The van der Waals surface area contributed by atoms with E-state index in [1.807, 2.05) is 0 Å². The van der Waals surface area contributed by atoms with Crippen LogP contribution in [0.1, 0.15) is 28.7 Å². The molecule has 0 spiro atoms. The Labute approximate surface area is 304 Å². The average molecular weight is 751 g/mol. The van der Waals surface area contributed by atoms with E-state index in [2.05, 4.69) is 9.37 Å². The Kier molecular flexibility index (Phi) is 18.0. The maximum Gasteiger partial charge on any atom is 1.00 e. The summed E-state index contributed by atoms with van der Waals surface area (Å²) in [4.78, 5) is 0. The molecule has 2 N–H and O–H groups in total. The van der Waals surface area contributed by atoms with Crippen molar-refractivity contribution in [2.24, 2.45) is 0 Å². The SMILES string of the molecule is O=S(CCSOO[O-])Cc1cc(C(c2ccc(O)c(CS(=O)(=O)CCCS(=O)(=O)[O-])c2)(C(F)(F)F)C(F)(F)F)ccc1O.[Na+].[Na+]. The zero-order valence-corrected chi connectivity index (χ0v) is 30.6. The molecule has 23 heteroatoms. The van der Waals surface area contributed by atoms with Crippen molar-refractivity contribution < 1.29 is 136 Å². The van der Waals surface area contributed by atoms with E-state index in [0.29, 0.717) is 36.3 Å². The minimum atomic E-state index is -6.15. The summed E-state index contributed by atoms with van der Waals surface area (Å²) in [5.74, 6) is -6.23. The van der Waals surface area contributed by atoms with Gasteiger partial charge in [0.05, 0.1) is 27.4 Å². The summed E-state index contributed by atoms with van der Waals surface area (Å²) in [6.45, 7) is 0. The second kappa shape index (κ2) is 18.0. The van der Waals surface area contributed by atoms with Crippen molar-refractivity contribution >= 4 is 42.8 Å². The van der Waals surface area contributed by atoms with Gasteiger partial charge in [0, 0.05) is 51.2 Å². The summed E-state index contributed by atoms with van der Waals surface area (Å²) in [6, 6.07) is 2.13. The molecule has 2 rings (SSSR count). The number of sulfone groups is 1. The molecule has 0 aliphatic carbocycles. The summed E-state index contributed by atoms with van der Waals surface area (Å²) in [5, 5.41) is 33.1. The van der Waals surface area contributed by atoms with Crippen LogP contribution in [0.5, 0.6) is 11.5 Å². The standard InChI is InChI=1S/C22H24F6O11S4.2Na/c23-21(24,25)20(22(26,27)28,16-2-4-18(29)14(10-16)12-41(32)7-6-40-39-38-31)17-3-5-19(30)15(11-17)13-42(33,34)8-1-9-43(35,36)37;;/h2-5,10-11,29-31H,1,6-9,12-13H2,(H,35,36,37);;/q;2*+1/p-2. The molecule has 2 aromatic rings. The maximum atomic E-state index is 14.7. The van der Waals surface area contributed by atoms with Crippen molar-refractivity contribution in [3.8, 4) is 11.5 Å². The predicted octanol–water partition coefficient (Wildman–Crippen LogP) is -3.51. The van der Waals surface area contributed by atoms with Gasteiger partial charge >= 0.3 is 71.5 Å². The summed E-state index contributed by atoms with van der Waals surface area (Å²) in [6.07, 6.45) is -13.0. The molecule has 2 aromatic carbocycles. The van der Waals surface area contributed by atoms with Crippen LogP contribution in [0.4, 0.5) is 26.3 Å². The van der Waals surface area contributed by atoms with Gasteiger partial charge in [-0.3, -0.25) is 9.25 Å². The van der Waals surface area contributed by atoms with Crippen LogP contribution in [0.2, 0.25) is 0 Å². The molecule has 0 saturated carbocycles. The summed E-state index contributed by atoms with van der Waals surface area (Å²) in [7, 11) is -11.2. The molecule has 0 radical (unpaired) electrons. The third kappa shape index (κ3) is 12.4. The average Bonchev–Trinajstić information content (AvgIpc) is 2.83.